The minimum Gasteiger partial charge on any atom is -0.355 e. The largest absolute Gasteiger partial charge is 0.355 e. The molecule has 5 nitrogen and oxygen atoms in total. The third kappa shape index (κ3) is 3.67. The van der Waals surface area contributed by atoms with E-state index < -0.39 is 0 Å². The van der Waals surface area contributed by atoms with Gasteiger partial charge in [-0.1, -0.05) is 12.1 Å². The lowest BCUT2D eigenvalue weighted by molar-refractivity contribution is -0.120. The van der Waals surface area contributed by atoms with Crippen LogP contribution >= 0.6 is 0 Å². The topological polar surface area (TPSA) is 58.1 Å². The minimum absolute atomic E-state index is 0.0582. The Kier molecular flexibility index (Phi) is 4.55. The molecule has 3 rings (SSSR count). The molecule has 0 unspecified atom stereocenters. The summed E-state index contributed by atoms with van der Waals surface area (Å²) >= 11 is 0. The summed E-state index contributed by atoms with van der Waals surface area (Å²) in [7, 11) is 0. The molecule has 1 aromatic heterocycles. The smallest absolute Gasteiger partial charge is 0.227 e. The molecule has 0 atom stereocenters. The van der Waals surface area contributed by atoms with Gasteiger partial charge in [-0.3, -0.25) is 9.78 Å². The number of aryl methyl sites for hydroxylation is 2. The van der Waals surface area contributed by atoms with Crippen molar-refractivity contribution >= 4 is 17.4 Å². The van der Waals surface area contributed by atoms with Gasteiger partial charge in [0.1, 0.15) is 5.82 Å². The number of carbonyl (C=O) groups excluding carboxylic acids is 1. The number of carbonyl (C=O) groups is 1. The van der Waals surface area contributed by atoms with Gasteiger partial charge in [-0.25, -0.2) is 4.98 Å². The van der Waals surface area contributed by atoms with Crippen LogP contribution in [0.15, 0.2) is 36.8 Å². The standard InChI is InChI=1S/C18H22N4O/c1-13-3-4-14(2)16(11-13)21-18(23)15-5-9-22(10-6-15)17-12-19-7-8-20-17/h3-4,7-8,11-12,15H,5-6,9-10H2,1-2H3,(H,21,23). The number of nitrogens with one attached hydrogen (secondary N) is 1. The van der Waals surface area contributed by atoms with Gasteiger partial charge in [-0.05, 0) is 43.9 Å². The molecule has 0 bridgehead atoms. The fourth-order valence-corrected chi connectivity index (χ4v) is 2.93. The quantitative estimate of drug-likeness (QED) is 0.947. The Morgan fingerprint density at radius 1 is 1.22 bits per heavy atom. The van der Waals surface area contributed by atoms with Crippen molar-refractivity contribution < 1.29 is 4.79 Å². The highest BCUT2D eigenvalue weighted by Gasteiger charge is 2.25. The third-order valence-corrected chi connectivity index (χ3v) is 4.39. The van der Waals surface area contributed by atoms with Crippen molar-refractivity contribution in [3.63, 3.8) is 0 Å². The van der Waals surface area contributed by atoms with E-state index in [1.807, 2.05) is 26.0 Å². The van der Waals surface area contributed by atoms with Gasteiger partial charge in [0.2, 0.25) is 5.91 Å². The van der Waals surface area contributed by atoms with Crippen LogP contribution in [0.2, 0.25) is 0 Å². The molecule has 1 N–H and O–H groups in total. The molecule has 0 radical (unpaired) electrons. The summed E-state index contributed by atoms with van der Waals surface area (Å²) in [5.41, 5.74) is 3.18. The molecule has 2 aromatic rings. The van der Waals surface area contributed by atoms with Gasteiger partial charge in [0.15, 0.2) is 0 Å². The summed E-state index contributed by atoms with van der Waals surface area (Å²) in [4.78, 5) is 23.1. The minimum atomic E-state index is 0.0582. The van der Waals surface area contributed by atoms with Crippen molar-refractivity contribution in [2.45, 2.75) is 26.7 Å². The lowest BCUT2D eigenvalue weighted by Crippen LogP contribution is -2.38. The number of nitrogens with zero attached hydrogens (tertiary/aromatic N) is 3. The number of anilines is 2. The molecule has 1 saturated heterocycles. The first-order valence-electron chi connectivity index (χ1n) is 8.02. The van der Waals surface area contributed by atoms with Crippen molar-refractivity contribution in [1.29, 1.82) is 0 Å². The van der Waals surface area contributed by atoms with E-state index in [9.17, 15) is 4.79 Å². The van der Waals surface area contributed by atoms with Crippen molar-refractivity contribution in [2.75, 3.05) is 23.3 Å². The molecule has 120 valence electrons. The van der Waals surface area contributed by atoms with Crippen LogP contribution < -0.4 is 10.2 Å². The fourth-order valence-electron chi connectivity index (χ4n) is 2.93. The molecule has 1 amide bonds. The Balaban J connectivity index is 1.59. The molecule has 0 aliphatic carbocycles. The normalized spacial score (nSPS) is 15.5. The highest BCUT2D eigenvalue weighted by Crippen LogP contribution is 2.24. The molecule has 5 heteroatoms. The second-order valence-electron chi connectivity index (χ2n) is 6.13. The predicted molar refractivity (Wildman–Crippen MR) is 91.5 cm³/mol. The number of aromatic nitrogens is 2. The van der Waals surface area contributed by atoms with Gasteiger partial charge < -0.3 is 10.2 Å². The Labute approximate surface area is 136 Å². The van der Waals surface area contributed by atoms with Crippen molar-refractivity contribution in [2.24, 2.45) is 5.92 Å². The Morgan fingerprint density at radius 2 is 2.00 bits per heavy atom. The van der Waals surface area contributed by atoms with Crippen LogP contribution in [0.1, 0.15) is 24.0 Å². The van der Waals surface area contributed by atoms with E-state index in [2.05, 4.69) is 26.3 Å². The first-order valence-corrected chi connectivity index (χ1v) is 8.02. The average Bonchev–Trinajstić information content (AvgIpc) is 2.59. The van der Waals surface area contributed by atoms with Crippen LogP contribution in [0.5, 0.6) is 0 Å². The van der Waals surface area contributed by atoms with E-state index in [-0.39, 0.29) is 11.8 Å². The Bertz CT molecular complexity index is 679. The average molecular weight is 310 g/mol. The summed E-state index contributed by atoms with van der Waals surface area (Å²) in [5, 5.41) is 3.09. The number of benzene rings is 1. The number of hydrogen-bond acceptors (Lipinski definition) is 4. The van der Waals surface area contributed by atoms with Crippen LogP contribution in [-0.2, 0) is 4.79 Å². The van der Waals surface area contributed by atoms with Crippen LogP contribution in [0, 0.1) is 19.8 Å². The zero-order valence-corrected chi connectivity index (χ0v) is 13.6. The molecular formula is C18H22N4O. The van der Waals surface area contributed by atoms with Crippen molar-refractivity contribution in [3.8, 4) is 0 Å². The molecule has 23 heavy (non-hydrogen) atoms. The van der Waals surface area contributed by atoms with Gasteiger partial charge in [-0.15, -0.1) is 0 Å². The van der Waals surface area contributed by atoms with Crippen molar-refractivity contribution in [3.05, 3.63) is 47.9 Å². The predicted octanol–water partition coefficient (Wildman–Crippen LogP) is 2.95. The van der Waals surface area contributed by atoms with Gasteiger partial charge in [0, 0.05) is 37.1 Å². The second-order valence-corrected chi connectivity index (χ2v) is 6.13. The number of rotatable bonds is 3. The second kappa shape index (κ2) is 6.77. The van der Waals surface area contributed by atoms with E-state index in [0.717, 1.165) is 48.6 Å². The van der Waals surface area contributed by atoms with E-state index in [1.165, 1.54) is 0 Å². The fraction of sp³-hybridized carbons (Fsp3) is 0.389. The van der Waals surface area contributed by atoms with Gasteiger partial charge >= 0.3 is 0 Å². The lowest BCUT2D eigenvalue weighted by atomic mass is 9.95. The van der Waals surface area contributed by atoms with E-state index in [4.69, 9.17) is 0 Å². The lowest BCUT2D eigenvalue weighted by Gasteiger charge is -2.31. The number of amides is 1. The van der Waals surface area contributed by atoms with E-state index in [0.29, 0.717) is 0 Å². The molecule has 1 aromatic carbocycles. The van der Waals surface area contributed by atoms with Gasteiger partial charge in [0.05, 0.1) is 6.20 Å². The molecule has 2 heterocycles. The highest BCUT2D eigenvalue weighted by atomic mass is 16.1. The van der Waals surface area contributed by atoms with Gasteiger partial charge in [0.25, 0.3) is 0 Å². The molecule has 1 fully saturated rings. The maximum Gasteiger partial charge on any atom is 0.227 e. The monoisotopic (exact) mass is 310 g/mol. The molecule has 0 spiro atoms. The Morgan fingerprint density at radius 3 is 2.70 bits per heavy atom. The summed E-state index contributed by atoms with van der Waals surface area (Å²) < 4.78 is 0. The maximum absolute atomic E-state index is 12.5. The molecule has 0 saturated carbocycles. The number of hydrogen-bond donors (Lipinski definition) is 1. The molecular weight excluding hydrogens is 288 g/mol. The van der Waals surface area contributed by atoms with Crippen LogP contribution in [-0.4, -0.2) is 29.0 Å². The third-order valence-electron chi connectivity index (χ3n) is 4.39. The van der Waals surface area contributed by atoms with Crippen LogP contribution in [0.4, 0.5) is 11.5 Å². The summed E-state index contributed by atoms with van der Waals surface area (Å²) in [6.07, 6.45) is 6.83. The number of piperidine rings is 1. The molecule has 1 aliphatic heterocycles. The van der Waals surface area contributed by atoms with Crippen LogP contribution in [0.25, 0.3) is 0 Å². The summed E-state index contributed by atoms with van der Waals surface area (Å²) in [6, 6.07) is 6.13. The first-order chi connectivity index (χ1) is 11.1. The first kappa shape index (κ1) is 15.5. The Hall–Kier alpha value is -2.43. The van der Waals surface area contributed by atoms with Gasteiger partial charge in [-0.2, -0.15) is 0 Å². The van der Waals surface area contributed by atoms with Crippen molar-refractivity contribution in [1.82, 2.24) is 9.97 Å². The SMILES string of the molecule is Cc1ccc(C)c(NC(=O)C2CCN(c3cnccn3)CC2)c1. The highest BCUT2D eigenvalue weighted by molar-refractivity contribution is 5.93. The van der Waals surface area contributed by atoms with E-state index in [1.54, 1.807) is 18.6 Å². The maximum atomic E-state index is 12.5. The molecule has 1 aliphatic rings. The van der Waals surface area contributed by atoms with Crippen LogP contribution in [0.3, 0.4) is 0 Å². The zero-order chi connectivity index (χ0) is 16.2. The zero-order valence-electron chi connectivity index (χ0n) is 13.6. The summed E-state index contributed by atoms with van der Waals surface area (Å²) in [6.45, 7) is 5.73. The van der Waals surface area contributed by atoms with E-state index >= 15 is 0 Å². The summed E-state index contributed by atoms with van der Waals surface area (Å²) in [5.74, 6) is 1.07.